The number of rotatable bonds is 13. The third-order valence-electron chi connectivity index (χ3n) is 8.26. The monoisotopic (exact) mass is 687 g/mol. The van der Waals surface area contributed by atoms with Gasteiger partial charge < -0.3 is 14.8 Å². The van der Waals surface area contributed by atoms with Gasteiger partial charge in [0.1, 0.15) is 11.3 Å². The van der Waals surface area contributed by atoms with Crippen molar-refractivity contribution >= 4 is 45.8 Å². The van der Waals surface area contributed by atoms with Gasteiger partial charge in [0.15, 0.2) is 0 Å². The number of unbranched alkanes of at least 4 members (excludes halogenated alkanes) is 1. The molecule has 6 nitrogen and oxygen atoms in total. The van der Waals surface area contributed by atoms with Gasteiger partial charge in [-0.25, -0.2) is 0 Å². The van der Waals surface area contributed by atoms with E-state index in [1.807, 2.05) is 60.7 Å². The lowest BCUT2D eigenvalue weighted by Gasteiger charge is -2.33. The van der Waals surface area contributed by atoms with Gasteiger partial charge in [0.2, 0.25) is 0 Å². The number of esters is 1. The Balaban J connectivity index is 1.49. The van der Waals surface area contributed by atoms with Crippen LogP contribution in [0.4, 0.5) is 18.9 Å². The quantitative estimate of drug-likeness (QED) is 0.0859. The summed E-state index contributed by atoms with van der Waals surface area (Å²) in [6.45, 7) is 2.35. The maximum Gasteiger partial charge on any atom is 0.401 e. The largest absolute Gasteiger partial charge is 0.491 e. The van der Waals surface area contributed by atoms with Crippen molar-refractivity contribution in [1.82, 2.24) is 9.88 Å². The molecule has 5 rings (SSSR count). The Bertz CT molecular complexity index is 1580. The van der Waals surface area contributed by atoms with Crippen molar-refractivity contribution in [1.29, 1.82) is 0 Å². The smallest absolute Gasteiger partial charge is 0.401 e. The first-order chi connectivity index (χ1) is 22.6. The first-order valence-corrected chi connectivity index (χ1v) is 16.6. The molecule has 250 valence electrons. The van der Waals surface area contributed by atoms with E-state index >= 15 is 0 Å². The lowest BCUT2D eigenvalue weighted by atomic mass is 9.84. The number of carbonyl (C=O) groups is 1. The Morgan fingerprint density at radius 1 is 0.957 bits per heavy atom. The van der Waals surface area contributed by atoms with E-state index in [1.54, 1.807) is 13.1 Å². The number of hydrogen-bond donors (Lipinski definition) is 1. The van der Waals surface area contributed by atoms with E-state index < -0.39 is 12.7 Å². The zero-order valence-corrected chi connectivity index (χ0v) is 27.7. The molecule has 0 amide bonds. The number of hydrogen-bond acceptors (Lipinski definition) is 6. The Labute approximate surface area is 283 Å². The van der Waals surface area contributed by atoms with Crippen LogP contribution in [0.5, 0.6) is 5.75 Å². The van der Waals surface area contributed by atoms with Crippen LogP contribution in [0.15, 0.2) is 72.9 Å². The Morgan fingerprint density at radius 3 is 2.19 bits per heavy atom. The van der Waals surface area contributed by atoms with Crippen LogP contribution in [0.2, 0.25) is 10.0 Å². The minimum atomic E-state index is -4.21. The highest BCUT2D eigenvalue weighted by Crippen LogP contribution is 2.40. The lowest BCUT2D eigenvalue weighted by molar-refractivity contribution is -0.147. The molecule has 1 saturated heterocycles. The minimum Gasteiger partial charge on any atom is -0.491 e. The lowest BCUT2D eigenvalue weighted by Crippen LogP contribution is -2.43. The number of fused-ring (bicyclic) bond motifs is 1. The fraction of sp³-hybridized carbons (Fsp3) is 0.389. The third kappa shape index (κ3) is 9.75. The summed E-state index contributed by atoms with van der Waals surface area (Å²) in [6, 6.07) is 21.5. The van der Waals surface area contributed by atoms with Crippen LogP contribution >= 0.6 is 23.2 Å². The summed E-state index contributed by atoms with van der Waals surface area (Å²) < 4.78 is 50.3. The van der Waals surface area contributed by atoms with Crippen LogP contribution in [0.1, 0.15) is 61.6 Å². The first kappa shape index (κ1) is 34.8. The number of anilines is 1. The fourth-order valence-corrected chi connectivity index (χ4v) is 6.28. The predicted octanol–water partition coefficient (Wildman–Crippen LogP) is 9.27. The molecule has 1 fully saturated rings. The number of likely N-dealkylation sites (tertiary alicyclic amines) is 1. The van der Waals surface area contributed by atoms with Crippen LogP contribution in [0.25, 0.3) is 10.9 Å². The molecule has 1 aliphatic heterocycles. The summed E-state index contributed by atoms with van der Waals surface area (Å²) in [5.74, 6) is 0.180. The molecule has 0 atom stereocenters. The van der Waals surface area contributed by atoms with Gasteiger partial charge in [-0.1, -0.05) is 47.5 Å². The van der Waals surface area contributed by atoms with Gasteiger partial charge in [-0.3, -0.25) is 14.7 Å². The highest BCUT2D eigenvalue weighted by atomic mass is 35.5. The number of halogens is 5. The van der Waals surface area contributed by atoms with E-state index in [-0.39, 0.29) is 17.9 Å². The number of carbonyl (C=O) groups excluding carboxylic acids is 1. The van der Waals surface area contributed by atoms with Gasteiger partial charge in [-0.05, 0) is 91.8 Å². The average molecular weight is 689 g/mol. The van der Waals surface area contributed by atoms with Crippen LogP contribution in [0.3, 0.4) is 0 Å². The summed E-state index contributed by atoms with van der Waals surface area (Å²) in [6.07, 6.45) is 0.271. The van der Waals surface area contributed by atoms with E-state index in [1.165, 1.54) is 4.90 Å². The standard InChI is InChI=1S/C36H38Cl2F3N3O3/c1-2-46-33(45)5-3-4-20-47-32-22-26(34(24-6-10-27(37)11-7-24)25-8-12-28(38)13-9-25)21-30-31(14-17-42-35(30)32)43-29-15-18-44(19-16-29)23-36(39,40)41/h6-14,17,21-22,29,34H,2-5,15-16,18-20,23H2,1H3,(H,42,43). The van der Waals surface area contributed by atoms with Gasteiger partial charge in [0.05, 0.1) is 19.8 Å². The van der Waals surface area contributed by atoms with Crippen LogP contribution in [-0.2, 0) is 9.53 Å². The zero-order valence-electron chi connectivity index (χ0n) is 26.2. The van der Waals surface area contributed by atoms with E-state index in [0.717, 1.165) is 27.8 Å². The summed E-state index contributed by atoms with van der Waals surface area (Å²) in [5, 5.41) is 5.71. The number of alkyl halides is 3. The van der Waals surface area contributed by atoms with Crippen LogP contribution in [0, 0.1) is 0 Å². The SMILES string of the molecule is CCOC(=O)CCCCOc1cc(C(c2ccc(Cl)cc2)c2ccc(Cl)cc2)cc2c(NC3CCN(CC(F)(F)F)CC3)ccnc12. The van der Waals surface area contributed by atoms with Crippen molar-refractivity contribution < 1.29 is 27.4 Å². The molecule has 1 N–H and O–H groups in total. The molecule has 1 aliphatic rings. The second-order valence-electron chi connectivity index (χ2n) is 11.7. The number of ether oxygens (including phenoxy) is 2. The van der Waals surface area contributed by atoms with Gasteiger partial charge in [-0.15, -0.1) is 0 Å². The van der Waals surface area contributed by atoms with Crippen molar-refractivity contribution in [3.8, 4) is 5.75 Å². The second-order valence-corrected chi connectivity index (χ2v) is 12.6. The highest BCUT2D eigenvalue weighted by molar-refractivity contribution is 6.30. The third-order valence-corrected chi connectivity index (χ3v) is 8.76. The first-order valence-electron chi connectivity index (χ1n) is 15.9. The number of piperidine rings is 1. The van der Waals surface area contributed by atoms with E-state index in [2.05, 4.69) is 11.4 Å². The molecule has 0 saturated carbocycles. The van der Waals surface area contributed by atoms with Crippen molar-refractivity contribution in [2.75, 3.05) is 38.2 Å². The molecule has 0 aliphatic carbocycles. The molecular weight excluding hydrogens is 650 g/mol. The van der Waals surface area contributed by atoms with E-state index in [0.29, 0.717) is 79.7 Å². The number of nitrogens with one attached hydrogen (secondary N) is 1. The Morgan fingerprint density at radius 2 is 1.60 bits per heavy atom. The highest BCUT2D eigenvalue weighted by Gasteiger charge is 2.32. The normalized spacial score (nSPS) is 14.4. The zero-order chi connectivity index (χ0) is 33.4. The molecule has 11 heteroatoms. The average Bonchev–Trinajstić information content (AvgIpc) is 3.03. The molecule has 4 aromatic rings. The molecule has 0 unspecified atom stereocenters. The van der Waals surface area contributed by atoms with Crippen molar-refractivity contribution in [3.63, 3.8) is 0 Å². The second kappa shape index (κ2) is 16.0. The number of aromatic nitrogens is 1. The van der Waals surface area contributed by atoms with Crippen LogP contribution < -0.4 is 10.1 Å². The number of benzene rings is 3. The maximum atomic E-state index is 13.0. The molecular formula is C36H38Cl2F3N3O3. The summed E-state index contributed by atoms with van der Waals surface area (Å²) in [7, 11) is 0. The Kier molecular flexibility index (Phi) is 11.9. The molecule has 47 heavy (non-hydrogen) atoms. The van der Waals surface area contributed by atoms with Crippen molar-refractivity contribution in [2.45, 2.75) is 57.2 Å². The molecule has 3 aromatic carbocycles. The van der Waals surface area contributed by atoms with Crippen molar-refractivity contribution in [3.05, 3.63) is 99.7 Å². The van der Waals surface area contributed by atoms with Gasteiger partial charge in [-0.2, -0.15) is 13.2 Å². The topological polar surface area (TPSA) is 63.7 Å². The van der Waals surface area contributed by atoms with Gasteiger partial charge in [0, 0.05) is 58.8 Å². The molecule has 2 heterocycles. The predicted molar refractivity (Wildman–Crippen MR) is 181 cm³/mol. The van der Waals surface area contributed by atoms with Crippen LogP contribution in [-0.4, -0.2) is 60.9 Å². The summed E-state index contributed by atoms with van der Waals surface area (Å²) in [5.41, 5.74) is 4.51. The number of nitrogens with zero attached hydrogens (tertiary/aromatic N) is 2. The van der Waals surface area contributed by atoms with E-state index in [4.69, 9.17) is 37.7 Å². The van der Waals surface area contributed by atoms with Gasteiger partial charge in [0.25, 0.3) is 0 Å². The van der Waals surface area contributed by atoms with Crippen molar-refractivity contribution in [2.24, 2.45) is 0 Å². The summed E-state index contributed by atoms with van der Waals surface area (Å²) in [4.78, 5) is 18.0. The maximum absolute atomic E-state index is 13.0. The number of pyridine rings is 1. The molecule has 0 radical (unpaired) electrons. The minimum absolute atomic E-state index is 0.00399. The molecule has 1 aromatic heterocycles. The Hall–Kier alpha value is -3.53. The fourth-order valence-electron chi connectivity index (χ4n) is 6.03. The van der Waals surface area contributed by atoms with E-state index in [9.17, 15) is 18.0 Å². The summed E-state index contributed by atoms with van der Waals surface area (Å²) >= 11 is 12.5. The molecule has 0 spiro atoms. The van der Waals surface area contributed by atoms with Gasteiger partial charge >= 0.3 is 12.1 Å². The molecule has 0 bridgehead atoms.